The number of rotatable bonds is 3. The molecule has 28 heavy (non-hydrogen) atoms. The van der Waals surface area contributed by atoms with Gasteiger partial charge >= 0.3 is 5.69 Å². The highest BCUT2D eigenvalue weighted by atomic mass is 79.9. The Balaban J connectivity index is 1.33. The van der Waals surface area contributed by atoms with Crippen LogP contribution in [0.1, 0.15) is 37.3 Å². The second-order valence-electron chi connectivity index (χ2n) is 7.93. The number of likely N-dealkylation sites (tertiary alicyclic amines) is 1. The van der Waals surface area contributed by atoms with Crippen LogP contribution in [0, 0.1) is 0 Å². The molecule has 144 valence electrons. The van der Waals surface area contributed by atoms with E-state index in [2.05, 4.69) is 33.0 Å². The van der Waals surface area contributed by atoms with Crippen molar-refractivity contribution in [3.8, 4) is 0 Å². The summed E-state index contributed by atoms with van der Waals surface area (Å²) in [6.07, 6.45) is 3.47. The van der Waals surface area contributed by atoms with Crippen LogP contribution in [0.2, 0.25) is 0 Å². The lowest BCUT2D eigenvalue weighted by atomic mass is 9.93. The zero-order valence-corrected chi connectivity index (χ0v) is 17.1. The number of carbonyl (C=O) groups excluding carboxylic acids is 1. The van der Waals surface area contributed by atoms with Gasteiger partial charge < -0.3 is 9.88 Å². The highest BCUT2D eigenvalue weighted by Gasteiger charge is 2.53. The van der Waals surface area contributed by atoms with Gasteiger partial charge in [0.2, 0.25) is 5.91 Å². The topological polar surface area (TPSA) is 58.1 Å². The Morgan fingerprint density at radius 2 is 1.71 bits per heavy atom. The summed E-state index contributed by atoms with van der Waals surface area (Å²) in [6.45, 7) is 1.40. The van der Waals surface area contributed by atoms with Crippen LogP contribution in [0.25, 0.3) is 11.0 Å². The number of H-pyrrole nitrogens is 1. The Morgan fingerprint density at radius 3 is 2.39 bits per heavy atom. The molecule has 1 aliphatic carbocycles. The third kappa shape index (κ3) is 2.82. The molecule has 2 aromatic carbocycles. The number of amides is 1. The number of nitrogens with zero attached hydrogens (tertiary/aromatic N) is 2. The van der Waals surface area contributed by atoms with Crippen LogP contribution in [0.5, 0.6) is 0 Å². The van der Waals surface area contributed by atoms with Gasteiger partial charge in [0, 0.05) is 23.6 Å². The van der Waals surface area contributed by atoms with E-state index in [4.69, 9.17) is 0 Å². The smallest absolute Gasteiger partial charge is 0.326 e. The molecule has 5 rings (SSSR count). The van der Waals surface area contributed by atoms with E-state index in [0.29, 0.717) is 13.1 Å². The van der Waals surface area contributed by atoms with E-state index in [-0.39, 0.29) is 23.1 Å². The lowest BCUT2D eigenvalue weighted by Crippen LogP contribution is -2.45. The summed E-state index contributed by atoms with van der Waals surface area (Å²) in [5.41, 5.74) is 2.56. The maximum Gasteiger partial charge on any atom is 0.326 e. The Bertz CT molecular complexity index is 1090. The number of carbonyl (C=O) groups is 1. The molecule has 1 amide bonds. The Morgan fingerprint density at radius 1 is 1.04 bits per heavy atom. The SMILES string of the molecule is O=C(N1CCC(n2c(=O)[nH]c3ccccc32)CC1)C1(c2ccc(Br)cc2)CC1. The van der Waals surface area contributed by atoms with Gasteiger partial charge in [-0.2, -0.15) is 0 Å². The van der Waals surface area contributed by atoms with Crippen LogP contribution in [-0.4, -0.2) is 33.4 Å². The highest BCUT2D eigenvalue weighted by Crippen LogP contribution is 2.50. The molecule has 0 atom stereocenters. The van der Waals surface area contributed by atoms with Gasteiger partial charge in [-0.25, -0.2) is 4.79 Å². The van der Waals surface area contributed by atoms with Crippen molar-refractivity contribution in [1.82, 2.24) is 14.5 Å². The predicted octanol–water partition coefficient (Wildman–Crippen LogP) is 3.99. The average molecular weight is 440 g/mol. The van der Waals surface area contributed by atoms with Crippen molar-refractivity contribution >= 4 is 32.9 Å². The quantitative estimate of drug-likeness (QED) is 0.670. The van der Waals surface area contributed by atoms with E-state index >= 15 is 0 Å². The van der Waals surface area contributed by atoms with Gasteiger partial charge in [-0.05, 0) is 55.5 Å². The molecule has 2 heterocycles. The second kappa shape index (κ2) is 6.62. The van der Waals surface area contributed by atoms with Gasteiger partial charge in [0.15, 0.2) is 0 Å². The Hall–Kier alpha value is -2.34. The van der Waals surface area contributed by atoms with Gasteiger partial charge in [0.1, 0.15) is 0 Å². The van der Waals surface area contributed by atoms with Crippen molar-refractivity contribution in [3.63, 3.8) is 0 Å². The molecule has 6 heteroatoms. The fraction of sp³-hybridized carbons (Fsp3) is 0.364. The summed E-state index contributed by atoms with van der Waals surface area (Å²) in [7, 11) is 0. The van der Waals surface area contributed by atoms with E-state index in [0.717, 1.165) is 46.8 Å². The number of halogens is 1. The minimum atomic E-state index is -0.328. The molecular formula is C22H22BrN3O2. The molecule has 3 aromatic rings. The molecular weight excluding hydrogens is 418 g/mol. The number of fused-ring (bicyclic) bond motifs is 1. The number of hydrogen-bond donors (Lipinski definition) is 1. The first-order chi connectivity index (χ1) is 13.6. The summed E-state index contributed by atoms with van der Waals surface area (Å²) in [5.74, 6) is 0.250. The van der Waals surface area contributed by atoms with E-state index in [9.17, 15) is 9.59 Å². The molecule has 0 unspecified atom stereocenters. The van der Waals surface area contributed by atoms with E-state index in [1.54, 1.807) is 0 Å². The molecule has 2 fully saturated rings. The Labute approximate surface area is 171 Å². The molecule has 1 aliphatic heterocycles. The van der Waals surface area contributed by atoms with Crippen molar-refractivity contribution in [3.05, 3.63) is 69.1 Å². The molecule has 5 nitrogen and oxygen atoms in total. The van der Waals surface area contributed by atoms with Gasteiger partial charge in [-0.3, -0.25) is 9.36 Å². The minimum absolute atomic E-state index is 0.0560. The molecule has 2 aliphatic rings. The minimum Gasteiger partial charge on any atom is -0.342 e. The fourth-order valence-electron chi connectivity index (χ4n) is 4.59. The number of hydrogen-bond acceptors (Lipinski definition) is 2. The number of piperidine rings is 1. The number of aromatic amines is 1. The van der Waals surface area contributed by atoms with Crippen LogP contribution in [-0.2, 0) is 10.2 Å². The fourth-order valence-corrected chi connectivity index (χ4v) is 4.85. The third-order valence-electron chi connectivity index (χ3n) is 6.30. The van der Waals surface area contributed by atoms with Crippen molar-refractivity contribution in [2.24, 2.45) is 0 Å². The maximum atomic E-state index is 13.3. The normalized spacial score (nSPS) is 19.1. The summed E-state index contributed by atoms with van der Waals surface area (Å²) in [4.78, 5) is 30.7. The zero-order valence-electron chi connectivity index (χ0n) is 15.5. The molecule has 0 radical (unpaired) electrons. The first-order valence-electron chi connectivity index (χ1n) is 9.83. The predicted molar refractivity (Wildman–Crippen MR) is 112 cm³/mol. The maximum absolute atomic E-state index is 13.3. The van der Waals surface area contributed by atoms with Gasteiger partial charge in [-0.15, -0.1) is 0 Å². The summed E-state index contributed by atoms with van der Waals surface area (Å²) < 4.78 is 2.91. The molecule has 1 saturated carbocycles. The van der Waals surface area contributed by atoms with Crippen LogP contribution in [0.15, 0.2) is 57.8 Å². The van der Waals surface area contributed by atoms with Crippen molar-refractivity contribution < 1.29 is 4.79 Å². The monoisotopic (exact) mass is 439 g/mol. The number of para-hydroxylation sites is 2. The lowest BCUT2D eigenvalue weighted by molar-refractivity contribution is -0.135. The standard InChI is InChI=1S/C22H22BrN3O2/c23-16-7-5-15(6-8-16)22(11-12-22)20(27)25-13-9-17(10-14-25)26-19-4-2-1-3-18(19)24-21(26)28/h1-8,17H,9-14H2,(H,24,28). The van der Waals surface area contributed by atoms with Crippen LogP contribution in [0.3, 0.4) is 0 Å². The number of nitrogens with one attached hydrogen (secondary N) is 1. The second-order valence-corrected chi connectivity index (χ2v) is 8.85. The summed E-state index contributed by atoms with van der Waals surface area (Å²) in [5, 5.41) is 0. The first-order valence-corrected chi connectivity index (χ1v) is 10.6. The molecule has 1 saturated heterocycles. The van der Waals surface area contributed by atoms with Gasteiger partial charge in [-0.1, -0.05) is 40.2 Å². The third-order valence-corrected chi connectivity index (χ3v) is 6.83. The summed E-state index contributed by atoms with van der Waals surface area (Å²) in [6, 6.07) is 16.1. The Kier molecular flexibility index (Phi) is 4.19. The van der Waals surface area contributed by atoms with Crippen LogP contribution < -0.4 is 5.69 Å². The number of imidazole rings is 1. The molecule has 1 N–H and O–H groups in total. The van der Waals surface area contributed by atoms with Crippen molar-refractivity contribution in [2.45, 2.75) is 37.1 Å². The highest BCUT2D eigenvalue weighted by molar-refractivity contribution is 9.10. The molecule has 0 spiro atoms. The number of aromatic nitrogens is 2. The van der Waals surface area contributed by atoms with E-state index in [1.165, 1.54) is 0 Å². The number of benzene rings is 2. The average Bonchev–Trinajstić information content (AvgIpc) is 3.45. The largest absolute Gasteiger partial charge is 0.342 e. The zero-order chi connectivity index (χ0) is 19.3. The summed E-state index contributed by atoms with van der Waals surface area (Å²) >= 11 is 3.47. The van der Waals surface area contributed by atoms with Gasteiger partial charge in [0.25, 0.3) is 0 Å². The lowest BCUT2D eigenvalue weighted by Gasteiger charge is -2.35. The first kappa shape index (κ1) is 17.7. The van der Waals surface area contributed by atoms with Crippen molar-refractivity contribution in [2.75, 3.05) is 13.1 Å². The van der Waals surface area contributed by atoms with Crippen molar-refractivity contribution in [1.29, 1.82) is 0 Å². The van der Waals surface area contributed by atoms with E-state index < -0.39 is 0 Å². The van der Waals surface area contributed by atoms with Crippen LogP contribution >= 0.6 is 15.9 Å². The van der Waals surface area contributed by atoms with Crippen LogP contribution in [0.4, 0.5) is 0 Å². The molecule has 0 bridgehead atoms. The van der Waals surface area contributed by atoms with Gasteiger partial charge in [0.05, 0.1) is 16.4 Å². The molecule has 1 aromatic heterocycles. The van der Waals surface area contributed by atoms with E-state index in [1.807, 2.05) is 45.9 Å².